The largest absolute Gasteiger partial charge is 0.494 e. The van der Waals surface area contributed by atoms with Crippen molar-refractivity contribution in [2.24, 2.45) is 0 Å². The number of nitrogens with zero attached hydrogens (tertiary/aromatic N) is 1. The molecule has 30 heavy (non-hydrogen) atoms. The molecule has 0 radical (unpaired) electrons. The van der Waals surface area contributed by atoms with Crippen molar-refractivity contribution in [1.82, 2.24) is 10.2 Å². The lowest BCUT2D eigenvalue weighted by Gasteiger charge is -2.32. The summed E-state index contributed by atoms with van der Waals surface area (Å²) in [4.78, 5) is 14.5. The van der Waals surface area contributed by atoms with E-state index in [9.17, 15) is 4.79 Å². The molecule has 0 bridgehead atoms. The minimum Gasteiger partial charge on any atom is -0.494 e. The van der Waals surface area contributed by atoms with E-state index in [0.29, 0.717) is 17.5 Å². The van der Waals surface area contributed by atoms with Gasteiger partial charge in [-0.25, -0.2) is 0 Å². The number of halogens is 2. The molecule has 0 aromatic heterocycles. The molecule has 2 aliphatic heterocycles. The third kappa shape index (κ3) is 5.11. The second kappa shape index (κ2) is 10.0. The number of benzene rings is 2. The van der Waals surface area contributed by atoms with Gasteiger partial charge in [0.05, 0.1) is 16.7 Å². The van der Waals surface area contributed by atoms with Gasteiger partial charge >= 0.3 is 0 Å². The van der Waals surface area contributed by atoms with E-state index in [1.54, 1.807) is 0 Å². The van der Waals surface area contributed by atoms with Gasteiger partial charge in [0.25, 0.3) is 5.91 Å². The summed E-state index contributed by atoms with van der Waals surface area (Å²) in [5.41, 5.74) is 3.05. The molecule has 1 saturated heterocycles. The SMILES string of the molecule is O=C1NCCc2ccc(OCCCCN3CCC(c4cccc(Cl)c4Cl)CC3)cc21. The van der Waals surface area contributed by atoms with Crippen molar-refractivity contribution in [2.75, 3.05) is 32.8 Å². The smallest absolute Gasteiger partial charge is 0.251 e. The number of amides is 1. The number of unbranched alkanes of at least 4 members (excludes halogenated alkanes) is 1. The van der Waals surface area contributed by atoms with Crippen LogP contribution in [0.25, 0.3) is 0 Å². The molecule has 6 heteroatoms. The second-order valence-electron chi connectivity index (χ2n) is 8.14. The highest BCUT2D eigenvalue weighted by Crippen LogP contribution is 2.36. The summed E-state index contributed by atoms with van der Waals surface area (Å²) < 4.78 is 5.88. The van der Waals surface area contributed by atoms with Crippen molar-refractivity contribution in [3.8, 4) is 5.75 Å². The molecule has 160 valence electrons. The van der Waals surface area contributed by atoms with E-state index in [4.69, 9.17) is 27.9 Å². The maximum absolute atomic E-state index is 12.0. The van der Waals surface area contributed by atoms with Gasteiger partial charge in [-0.2, -0.15) is 0 Å². The van der Waals surface area contributed by atoms with Crippen LogP contribution in [0.5, 0.6) is 5.75 Å². The molecule has 0 atom stereocenters. The van der Waals surface area contributed by atoms with Crippen molar-refractivity contribution in [3.63, 3.8) is 0 Å². The summed E-state index contributed by atoms with van der Waals surface area (Å²) >= 11 is 12.6. The van der Waals surface area contributed by atoms with E-state index in [2.05, 4.69) is 16.3 Å². The van der Waals surface area contributed by atoms with E-state index in [-0.39, 0.29) is 5.91 Å². The fourth-order valence-corrected chi connectivity index (χ4v) is 4.87. The van der Waals surface area contributed by atoms with Gasteiger partial charge in [0, 0.05) is 12.1 Å². The summed E-state index contributed by atoms with van der Waals surface area (Å²) in [5, 5.41) is 4.25. The van der Waals surface area contributed by atoms with Crippen LogP contribution in [-0.2, 0) is 6.42 Å². The first-order valence-electron chi connectivity index (χ1n) is 10.8. The van der Waals surface area contributed by atoms with Crippen molar-refractivity contribution < 1.29 is 9.53 Å². The van der Waals surface area contributed by atoms with Crippen LogP contribution in [-0.4, -0.2) is 43.6 Å². The van der Waals surface area contributed by atoms with Crippen LogP contribution in [0.4, 0.5) is 0 Å². The summed E-state index contributed by atoms with van der Waals surface area (Å²) in [7, 11) is 0. The molecule has 0 spiro atoms. The number of likely N-dealkylation sites (tertiary alicyclic amines) is 1. The average Bonchev–Trinajstić information content (AvgIpc) is 2.76. The Morgan fingerprint density at radius 2 is 1.93 bits per heavy atom. The predicted molar refractivity (Wildman–Crippen MR) is 122 cm³/mol. The first-order chi connectivity index (χ1) is 14.6. The lowest BCUT2D eigenvalue weighted by atomic mass is 9.89. The molecular formula is C24H28Cl2N2O2. The van der Waals surface area contributed by atoms with Crippen molar-refractivity contribution >= 4 is 29.1 Å². The lowest BCUT2D eigenvalue weighted by Crippen LogP contribution is -2.33. The summed E-state index contributed by atoms with van der Waals surface area (Å²) in [5.74, 6) is 1.28. The first kappa shape index (κ1) is 21.5. The first-order valence-corrected chi connectivity index (χ1v) is 11.6. The highest BCUT2D eigenvalue weighted by molar-refractivity contribution is 6.42. The van der Waals surface area contributed by atoms with Crippen LogP contribution in [0, 0.1) is 0 Å². The van der Waals surface area contributed by atoms with Crippen LogP contribution >= 0.6 is 23.2 Å². The molecular weight excluding hydrogens is 419 g/mol. The molecule has 1 N–H and O–H groups in total. The number of hydrogen-bond acceptors (Lipinski definition) is 3. The van der Waals surface area contributed by atoms with Gasteiger partial charge in [-0.05, 0) is 87.0 Å². The maximum atomic E-state index is 12.0. The Bertz CT molecular complexity index is 895. The zero-order valence-corrected chi connectivity index (χ0v) is 18.6. The zero-order valence-electron chi connectivity index (χ0n) is 17.1. The Morgan fingerprint density at radius 1 is 1.10 bits per heavy atom. The van der Waals surface area contributed by atoms with Gasteiger partial charge in [0.2, 0.25) is 0 Å². The molecule has 4 nitrogen and oxygen atoms in total. The number of rotatable bonds is 7. The minimum atomic E-state index is 0.00386. The van der Waals surface area contributed by atoms with E-state index < -0.39 is 0 Å². The van der Waals surface area contributed by atoms with Crippen LogP contribution in [0.15, 0.2) is 36.4 Å². The molecule has 0 saturated carbocycles. The number of carbonyl (C=O) groups is 1. The second-order valence-corrected chi connectivity index (χ2v) is 8.92. The molecule has 1 amide bonds. The monoisotopic (exact) mass is 446 g/mol. The summed E-state index contributed by atoms with van der Waals surface area (Å²) in [6, 6.07) is 11.8. The van der Waals surface area contributed by atoms with Crippen molar-refractivity contribution in [3.05, 3.63) is 63.1 Å². The highest BCUT2D eigenvalue weighted by Gasteiger charge is 2.22. The molecule has 0 unspecified atom stereocenters. The standard InChI is InChI=1S/C24H28Cl2N2O2/c25-22-5-3-4-20(23(22)26)18-9-13-28(14-10-18)12-1-2-15-30-19-7-6-17-8-11-27-24(29)21(17)16-19/h3-7,16,18H,1-2,8-15H2,(H,27,29). The Labute approximate surface area is 188 Å². The van der Waals surface area contributed by atoms with Gasteiger partial charge < -0.3 is 15.0 Å². The maximum Gasteiger partial charge on any atom is 0.251 e. The number of fused-ring (bicyclic) bond motifs is 1. The highest BCUT2D eigenvalue weighted by atomic mass is 35.5. The predicted octanol–water partition coefficient (Wildman–Crippen LogP) is 5.32. The van der Waals surface area contributed by atoms with Gasteiger partial charge in [-0.15, -0.1) is 0 Å². The molecule has 2 aromatic carbocycles. The molecule has 1 fully saturated rings. The topological polar surface area (TPSA) is 41.6 Å². The number of piperidine rings is 1. The van der Waals surface area contributed by atoms with Gasteiger partial charge in [0.15, 0.2) is 0 Å². The minimum absolute atomic E-state index is 0.00386. The Hall–Kier alpha value is -1.75. The van der Waals surface area contributed by atoms with Crippen LogP contribution < -0.4 is 10.1 Å². The Balaban J connectivity index is 1.16. The zero-order chi connectivity index (χ0) is 20.9. The van der Waals surface area contributed by atoms with Gasteiger partial charge in [-0.3, -0.25) is 4.79 Å². The third-order valence-electron chi connectivity index (χ3n) is 6.15. The number of nitrogens with one attached hydrogen (secondary N) is 1. The summed E-state index contributed by atoms with van der Waals surface area (Å²) in [6.07, 6.45) is 5.24. The van der Waals surface area contributed by atoms with Gasteiger partial charge in [0.1, 0.15) is 5.75 Å². The molecule has 2 aliphatic rings. The van der Waals surface area contributed by atoms with E-state index in [0.717, 1.165) is 80.2 Å². The number of hydrogen-bond donors (Lipinski definition) is 1. The van der Waals surface area contributed by atoms with E-state index in [1.165, 1.54) is 5.56 Å². The van der Waals surface area contributed by atoms with Crippen LogP contribution in [0.2, 0.25) is 10.0 Å². The number of ether oxygens (including phenoxy) is 1. The van der Waals surface area contributed by atoms with Crippen LogP contribution in [0.3, 0.4) is 0 Å². The normalized spacial score (nSPS) is 17.5. The molecule has 2 heterocycles. The fraction of sp³-hybridized carbons (Fsp3) is 0.458. The van der Waals surface area contributed by atoms with Crippen molar-refractivity contribution in [1.29, 1.82) is 0 Å². The Morgan fingerprint density at radius 3 is 2.77 bits per heavy atom. The van der Waals surface area contributed by atoms with Crippen LogP contribution in [0.1, 0.15) is 53.1 Å². The Kier molecular flexibility index (Phi) is 7.19. The van der Waals surface area contributed by atoms with Gasteiger partial charge in [-0.1, -0.05) is 41.4 Å². The molecule has 4 rings (SSSR count). The average molecular weight is 447 g/mol. The van der Waals surface area contributed by atoms with E-state index in [1.807, 2.05) is 30.3 Å². The van der Waals surface area contributed by atoms with Crippen molar-refractivity contribution in [2.45, 2.75) is 38.0 Å². The third-order valence-corrected chi connectivity index (χ3v) is 6.99. The summed E-state index contributed by atoms with van der Waals surface area (Å²) in [6.45, 7) is 4.67. The van der Waals surface area contributed by atoms with E-state index >= 15 is 0 Å². The molecule has 2 aromatic rings. The lowest BCUT2D eigenvalue weighted by molar-refractivity contribution is 0.0945. The quantitative estimate of drug-likeness (QED) is 0.585. The fourth-order valence-electron chi connectivity index (χ4n) is 4.41. The number of carbonyl (C=O) groups excluding carboxylic acids is 1. The molecule has 0 aliphatic carbocycles.